The van der Waals surface area contributed by atoms with Crippen molar-refractivity contribution in [2.45, 2.75) is 13.5 Å². The molecule has 0 aliphatic carbocycles. The van der Waals surface area contributed by atoms with Gasteiger partial charge in [-0.1, -0.05) is 12.1 Å². The first-order valence-corrected chi connectivity index (χ1v) is 7.03. The second-order valence-electron chi connectivity index (χ2n) is 4.83. The van der Waals surface area contributed by atoms with Crippen molar-refractivity contribution in [1.82, 2.24) is 0 Å². The lowest BCUT2D eigenvalue weighted by molar-refractivity contribution is -0.385. The van der Waals surface area contributed by atoms with Crippen LogP contribution in [0.3, 0.4) is 0 Å². The van der Waals surface area contributed by atoms with Crippen molar-refractivity contribution in [3.05, 3.63) is 69.3 Å². The molecule has 0 unspecified atom stereocenters. The zero-order valence-corrected chi connectivity index (χ0v) is 12.7. The number of anilines is 1. The molecule has 2 rings (SSSR count). The van der Waals surface area contributed by atoms with Crippen LogP contribution in [0.25, 0.3) is 0 Å². The monoisotopic (exact) mass is 336 g/mol. The van der Waals surface area contributed by atoms with Crippen LogP contribution < -0.4 is 5.32 Å². The highest BCUT2D eigenvalue weighted by Gasteiger charge is 2.24. The van der Waals surface area contributed by atoms with Crippen molar-refractivity contribution >= 4 is 17.3 Å². The molecule has 0 aromatic heterocycles. The Hall–Kier alpha value is -2.87. The number of benzene rings is 2. The van der Waals surface area contributed by atoms with Crippen molar-refractivity contribution in [2.24, 2.45) is 0 Å². The molecule has 1 N–H and O–H groups in total. The predicted octanol–water partition coefficient (Wildman–Crippen LogP) is 3.66. The smallest absolute Gasteiger partial charge is 0.285 e. The summed E-state index contributed by atoms with van der Waals surface area (Å²) in [6.07, 6.45) is 0. The van der Waals surface area contributed by atoms with E-state index in [1.807, 2.05) is 6.92 Å². The summed E-state index contributed by atoms with van der Waals surface area (Å²) in [6.45, 7) is 2.71. The minimum atomic E-state index is -1.39. The maximum Gasteiger partial charge on any atom is 0.285 e. The van der Waals surface area contributed by atoms with Gasteiger partial charge in [-0.2, -0.15) is 0 Å². The number of hydrogen-bond donors (Lipinski definition) is 1. The number of hydrogen-bond acceptors (Lipinski definition) is 4. The lowest BCUT2D eigenvalue weighted by Gasteiger charge is -2.08. The highest BCUT2D eigenvalue weighted by Crippen LogP contribution is 2.23. The van der Waals surface area contributed by atoms with E-state index < -0.39 is 33.7 Å². The van der Waals surface area contributed by atoms with E-state index in [0.29, 0.717) is 31.0 Å². The molecule has 1 amide bonds. The Balaban J connectivity index is 2.27. The van der Waals surface area contributed by atoms with Crippen molar-refractivity contribution in [1.29, 1.82) is 0 Å². The zero-order valence-electron chi connectivity index (χ0n) is 12.7. The van der Waals surface area contributed by atoms with Crippen molar-refractivity contribution in [3.8, 4) is 0 Å². The SMILES string of the molecule is CCOCc1cccc(NC(=O)c2cc(F)c(F)cc2[N+](=O)[O-])c1. The number of ether oxygens (including phenoxy) is 1. The third kappa shape index (κ3) is 4.11. The molecular formula is C16H14F2N2O4. The van der Waals surface area contributed by atoms with Crippen molar-refractivity contribution < 1.29 is 23.2 Å². The first kappa shape index (κ1) is 17.5. The fraction of sp³-hybridized carbons (Fsp3) is 0.188. The summed E-state index contributed by atoms with van der Waals surface area (Å²) in [5, 5.41) is 13.4. The first-order chi connectivity index (χ1) is 11.4. The molecule has 24 heavy (non-hydrogen) atoms. The predicted molar refractivity (Wildman–Crippen MR) is 82.7 cm³/mol. The van der Waals surface area contributed by atoms with Crippen LogP contribution in [-0.4, -0.2) is 17.4 Å². The fourth-order valence-electron chi connectivity index (χ4n) is 2.03. The van der Waals surface area contributed by atoms with Crippen molar-refractivity contribution in [3.63, 3.8) is 0 Å². The molecular weight excluding hydrogens is 322 g/mol. The molecule has 0 bridgehead atoms. The Morgan fingerprint density at radius 2 is 1.96 bits per heavy atom. The molecule has 0 spiro atoms. The zero-order chi connectivity index (χ0) is 17.7. The normalized spacial score (nSPS) is 10.5. The second-order valence-corrected chi connectivity index (χ2v) is 4.83. The number of halogens is 2. The Labute approximate surface area is 136 Å². The Morgan fingerprint density at radius 3 is 2.62 bits per heavy atom. The van der Waals surface area contributed by atoms with Gasteiger partial charge in [0.25, 0.3) is 11.6 Å². The van der Waals surface area contributed by atoms with Crippen LogP contribution in [0.15, 0.2) is 36.4 Å². The van der Waals surface area contributed by atoms with Gasteiger partial charge in [0, 0.05) is 12.3 Å². The average molecular weight is 336 g/mol. The fourth-order valence-corrected chi connectivity index (χ4v) is 2.03. The molecule has 8 heteroatoms. The molecule has 0 fully saturated rings. The molecule has 0 atom stereocenters. The van der Waals surface area contributed by atoms with E-state index in [0.717, 1.165) is 5.56 Å². The molecule has 0 aliphatic heterocycles. The van der Waals surface area contributed by atoms with Gasteiger partial charge in [-0.05, 0) is 30.7 Å². The first-order valence-electron chi connectivity index (χ1n) is 7.03. The number of nitro benzene ring substituents is 1. The second kappa shape index (κ2) is 7.60. The lowest BCUT2D eigenvalue weighted by atomic mass is 10.1. The summed E-state index contributed by atoms with van der Waals surface area (Å²) in [7, 11) is 0. The highest BCUT2D eigenvalue weighted by atomic mass is 19.2. The summed E-state index contributed by atoms with van der Waals surface area (Å²) < 4.78 is 31.7. The maximum atomic E-state index is 13.3. The number of nitrogens with one attached hydrogen (secondary N) is 1. The van der Waals surface area contributed by atoms with Gasteiger partial charge in [0.15, 0.2) is 11.6 Å². The molecule has 2 aromatic rings. The molecule has 0 saturated carbocycles. The number of carbonyl (C=O) groups is 1. The number of nitrogens with zero attached hydrogens (tertiary/aromatic N) is 1. The molecule has 6 nitrogen and oxygen atoms in total. The van der Waals surface area contributed by atoms with Gasteiger partial charge in [0.2, 0.25) is 0 Å². The third-order valence-electron chi connectivity index (χ3n) is 3.14. The summed E-state index contributed by atoms with van der Waals surface area (Å²) in [5.41, 5.74) is -0.225. The van der Waals surface area contributed by atoms with Gasteiger partial charge < -0.3 is 10.1 Å². The largest absolute Gasteiger partial charge is 0.377 e. The van der Waals surface area contributed by atoms with Crippen LogP contribution in [0.1, 0.15) is 22.8 Å². The molecule has 0 heterocycles. The highest BCUT2D eigenvalue weighted by molar-refractivity contribution is 6.07. The molecule has 0 radical (unpaired) electrons. The lowest BCUT2D eigenvalue weighted by Crippen LogP contribution is -2.15. The van der Waals surface area contributed by atoms with Crippen LogP contribution in [0.5, 0.6) is 0 Å². The minimum Gasteiger partial charge on any atom is -0.377 e. The number of nitro groups is 1. The minimum absolute atomic E-state index is 0.339. The van der Waals surface area contributed by atoms with E-state index in [2.05, 4.69) is 5.32 Å². The van der Waals surface area contributed by atoms with Gasteiger partial charge in [0.1, 0.15) is 5.56 Å². The summed E-state index contributed by atoms with van der Waals surface area (Å²) >= 11 is 0. The van der Waals surface area contributed by atoms with Gasteiger partial charge in [0.05, 0.1) is 17.6 Å². The van der Waals surface area contributed by atoms with Gasteiger partial charge in [-0.15, -0.1) is 0 Å². The summed E-state index contributed by atoms with van der Waals surface area (Å²) in [6, 6.07) is 7.54. The Bertz CT molecular complexity index is 781. The van der Waals surface area contributed by atoms with Crippen LogP contribution >= 0.6 is 0 Å². The number of rotatable bonds is 6. The van der Waals surface area contributed by atoms with E-state index >= 15 is 0 Å². The Kier molecular flexibility index (Phi) is 5.54. The standard InChI is InChI=1S/C16H14F2N2O4/c1-2-24-9-10-4-3-5-11(6-10)19-16(21)12-7-13(17)14(18)8-15(12)20(22)23/h3-8H,2,9H2,1H3,(H,19,21). The van der Waals surface area contributed by atoms with Gasteiger partial charge in [-0.3, -0.25) is 14.9 Å². The molecule has 126 valence electrons. The summed E-state index contributed by atoms with van der Waals surface area (Å²) in [4.78, 5) is 22.2. The quantitative estimate of drug-likeness (QED) is 0.645. The van der Waals surface area contributed by atoms with E-state index in [9.17, 15) is 23.7 Å². The maximum absolute atomic E-state index is 13.3. The Morgan fingerprint density at radius 1 is 1.25 bits per heavy atom. The number of amides is 1. The van der Waals surface area contributed by atoms with E-state index in [1.165, 1.54) is 0 Å². The topological polar surface area (TPSA) is 81.5 Å². The van der Waals surface area contributed by atoms with Crippen LogP contribution in [0, 0.1) is 21.7 Å². The van der Waals surface area contributed by atoms with Gasteiger partial charge >= 0.3 is 0 Å². The van der Waals surface area contributed by atoms with E-state index in [4.69, 9.17) is 4.74 Å². The van der Waals surface area contributed by atoms with Gasteiger partial charge in [-0.25, -0.2) is 8.78 Å². The average Bonchev–Trinajstić information content (AvgIpc) is 2.55. The van der Waals surface area contributed by atoms with E-state index in [1.54, 1.807) is 24.3 Å². The molecule has 2 aromatic carbocycles. The molecule has 0 aliphatic rings. The summed E-state index contributed by atoms with van der Waals surface area (Å²) in [5.74, 6) is -3.64. The number of carbonyl (C=O) groups excluding carboxylic acids is 1. The van der Waals surface area contributed by atoms with Crippen LogP contribution in [0.2, 0.25) is 0 Å². The van der Waals surface area contributed by atoms with Crippen molar-refractivity contribution in [2.75, 3.05) is 11.9 Å². The van der Waals surface area contributed by atoms with Crippen LogP contribution in [0.4, 0.5) is 20.2 Å². The molecule has 0 saturated heterocycles. The van der Waals surface area contributed by atoms with E-state index in [-0.39, 0.29) is 0 Å². The third-order valence-corrected chi connectivity index (χ3v) is 3.14. The van der Waals surface area contributed by atoms with Crippen LogP contribution in [-0.2, 0) is 11.3 Å².